The van der Waals surface area contributed by atoms with E-state index in [1.165, 1.54) is 5.56 Å². The fourth-order valence-corrected chi connectivity index (χ4v) is 4.11. The van der Waals surface area contributed by atoms with Crippen LogP contribution in [0.3, 0.4) is 0 Å². The van der Waals surface area contributed by atoms with Gasteiger partial charge in [-0.1, -0.05) is 42.5 Å². The maximum atomic E-state index is 12.4. The minimum absolute atomic E-state index is 0.0493. The van der Waals surface area contributed by atoms with E-state index < -0.39 is 5.97 Å². The fourth-order valence-electron chi connectivity index (χ4n) is 4.11. The molecule has 1 saturated heterocycles. The van der Waals surface area contributed by atoms with Gasteiger partial charge in [0.1, 0.15) is 5.82 Å². The molecular weight excluding hydrogens is 406 g/mol. The van der Waals surface area contributed by atoms with Crippen molar-refractivity contribution in [1.29, 1.82) is 0 Å². The van der Waals surface area contributed by atoms with Crippen LogP contribution >= 0.6 is 0 Å². The molecule has 166 valence electrons. The van der Waals surface area contributed by atoms with Crippen LogP contribution in [0.2, 0.25) is 0 Å². The van der Waals surface area contributed by atoms with Gasteiger partial charge in [0.2, 0.25) is 0 Å². The molecule has 1 amide bonds. The summed E-state index contributed by atoms with van der Waals surface area (Å²) in [5.41, 5.74) is 1.68. The molecule has 0 aliphatic carbocycles. The number of piperidine rings is 1. The standard InChI is InChI=1S/C25H27N3O4/c29-23(28-14-12-19(13-15-28)16-18-6-2-1-3-7-18)17-32-24(30)11-10-22-26-21-9-5-4-8-20(21)25(31)27-22/h1-9,19H,10-17H2,(H,26,27,31). The molecule has 1 fully saturated rings. The number of fused-ring (bicyclic) bond motifs is 1. The average Bonchev–Trinajstić information content (AvgIpc) is 2.82. The Balaban J connectivity index is 1.19. The van der Waals surface area contributed by atoms with Crippen LogP contribution in [0, 0.1) is 5.92 Å². The number of carbonyl (C=O) groups excluding carboxylic acids is 2. The van der Waals surface area contributed by atoms with Crippen LogP contribution < -0.4 is 5.56 Å². The number of esters is 1. The Morgan fingerprint density at radius 2 is 1.75 bits per heavy atom. The summed E-state index contributed by atoms with van der Waals surface area (Å²) in [6.45, 7) is 1.14. The Labute approximate surface area is 186 Å². The molecule has 1 aliphatic heterocycles. The number of nitrogens with one attached hydrogen (secondary N) is 1. The monoisotopic (exact) mass is 433 g/mol. The second-order valence-corrected chi connectivity index (χ2v) is 8.20. The number of aryl methyl sites for hydroxylation is 1. The molecule has 0 radical (unpaired) electrons. The van der Waals surface area contributed by atoms with Crippen molar-refractivity contribution in [2.75, 3.05) is 19.7 Å². The molecule has 0 bridgehead atoms. The lowest BCUT2D eigenvalue weighted by Gasteiger charge is -2.32. The zero-order valence-corrected chi connectivity index (χ0v) is 18.0. The number of ether oxygens (including phenoxy) is 1. The zero-order chi connectivity index (χ0) is 22.3. The predicted molar refractivity (Wildman–Crippen MR) is 121 cm³/mol. The topological polar surface area (TPSA) is 92.4 Å². The summed E-state index contributed by atoms with van der Waals surface area (Å²) in [6, 6.07) is 17.4. The summed E-state index contributed by atoms with van der Waals surface area (Å²) in [6.07, 6.45) is 3.24. The third-order valence-electron chi connectivity index (χ3n) is 5.92. The van der Waals surface area contributed by atoms with Gasteiger partial charge in [0.05, 0.1) is 17.3 Å². The molecule has 1 aromatic heterocycles. The number of aromatic nitrogens is 2. The van der Waals surface area contributed by atoms with Crippen LogP contribution in [0.15, 0.2) is 59.4 Å². The molecule has 4 rings (SSSR count). The molecule has 0 saturated carbocycles. The summed E-state index contributed by atoms with van der Waals surface area (Å²) in [7, 11) is 0. The second-order valence-electron chi connectivity index (χ2n) is 8.20. The minimum atomic E-state index is -0.479. The van der Waals surface area contributed by atoms with Gasteiger partial charge in [0.15, 0.2) is 6.61 Å². The molecule has 7 heteroatoms. The van der Waals surface area contributed by atoms with E-state index >= 15 is 0 Å². The van der Waals surface area contributed by atoms with Crippen LogP contribution in [0.25, 0.3) is 10.9 Å². The predicted octanol–water partition coefficient (Wildman–Crippen LogP) is 2.88. The lowest BCUT2D eigenvalue weighted by molar-refractivity contribution is -0.152. The van der Waals surface area contributed by atoms with E-state index in [4.69, 9.17) is 4.74 Å². The first-order valence-corrected chi connectivity index (χ1v) is 11.0. The van der Waals surface area contributed by atoms with Gasteiger partial charge in [0, 0.05) is 19.5 Å². The van der Waals surface area contributed by atoms with Gasteiger partial charge in [-0.05, 0) is 42.9 Å². The van der Waals surface area contributed by atoms with E-state index in [-0.39, 0.29) is 30.9 Å². The van der Waals surface area contributed by atoms with Crippen molar-refractivity contribution in [2.45, 2.75) is 32.1 Å². The van der Waals surface area contributed by atoms with Crippen molar-refractivity contribution < 1.29 is 14.3 Å². The number of amides is 1. The van der Waals surface area contributed by atoms with E-state index in [0.29, 0.717) is 35.7 Å². The van der Waals surface area contributed by atoms with Crippen molar-refractivity contribution in [3.63, 3.8) is 0 Å². The van der Waals surface area contributed by atoms with E-state index in [1.54, 1.807) is 23.1 Å². The normalized spacial score (nSPS) is 14.4. The maximum absolute atomic E-state index is 12.4. The Morgan fingerprint density at radius 3 is 2.53 bits per heavy atom. The number of rotatable bonds is 7. The minimum Gasteiger partial charge on any atom is -0.456 e. The molecule has 1 aliphatic rings. The number of hydrogen-bond acceptors (Lipinski definition) is 5. The molecular formula is C25H27N3O4. The number of carbonyl (C=O) groups is 2. The lowest BCUT2D eigenvalue weighted by Crippen LogP contribution is -2.41. The highest BCUT2D eigenvalue weighted by Crippen LogP contribution is 2.21. The lowest BCUT2D eigenvalue weighted by atomic mass is 9.90. The summed E-state index contributed by atoms with van der Waals surface area (Å²) >= 11 is 0. The summed E-state index contributed by atoms with van der Waals surface area (Å²) in [5.74, 6) is 0.361. The number of H-pyrrole nitrogens is 1. The van der Waals surface area contributed by atoms with Gasteiger partial charge >= 0.3 is 5.97 Å². The SMILES string of the molecule is O=C(CCc1nc2ccccc2c(=O)[nH]1)OCC(=O)N1CCC(Cc2ccccc2)CC1. The van der Waals surface area contributed by atoms with Crippen LogP contribution in [0.4, 0.5) is 0 Å². The molecule has 2 heterocycles. The van der Waals surface area contributed by atoms with Gasteiger partial charge in [-0.25, -0.2) is 4.98 Å². The van der Waals surface area contributed by atoms with Crippen molar-refractivity contribution in [1.82, 2.24) is 14.9 Å². The number of nitrogens with zero attached hydrogens (tertiary/aromatic N) is 2. The Hall–Kier alpha value is -3.48. The van der Waals surface area contributed by atoms with Crippen molar-refractivity contribution in [3.8, 4) is 0 Å². The van der Waals surface area contributed by atoms with Gasteiger partial charge in [-0.15, -0.1) is 0 Å². The van der Waals surface area contributed by atoms with Crippen molar-refractivity contribution in [2.24, 2.45) is 5.92 Å². The van der Waals surface area contributed by atoms with Gasteiger partial charge in [-0.2, -0.15) is 0 Å². The first-order valence-electron chi connectivity index (χ1n) is 11.0. The van der Waals surface area contributed by atoms with Crippen LogP contribution in [-0.4, -0.2) is 46.4 Å². The number of benzene rings is 2. The zero-order valence-electron chi connectivity index (χ0n) is 18.0. The molecule has 2 aromatic carbocycles. The highest BCUT2D eigenvalue weighted by atomic mass is 16.5. The largest absolute Gasteiger partial charge is 0.456 e. The van der Waals surface area contributed by atoms with Gasteiger partial charge in [-0.3, -0.25) is 14.4 Å². The smallest absolute Gasteiger partial charge is 0.306 e. The number of hydrogen-bond donors (Lipinski definition) is 1. The Bertz CT molecular complexity index is 1130. The van der Waals surface area contributed by atoms with Crippen LogP contribution in [0.1, 0.15) is 30.7 Å². The molecule has 0 spiro atoms. The maximum Gasteiger partial charge on any atom is 0.306 e. The van der Waals surface area contributed by atoms with Crippen molar-refractivity contribution >= 4 is 22.8 Å². The van der Waals surface area contributed by atoms with Crippen LogP contribution in [-0.2, 0) is 27.2 Å². The van der Waals surface area contributed by atoms with Crippen LogP contribution in [0.5, 0.6) is 0 Å². The number of para-hydroxylation sites is 1. The first-order chi connectivity index (χ1) is 15.6. The average molecular weight is 434 g/mol. The van der Waals surface area contributed by atoms with E-state index in [9.17, 15) is 14.4 Å². The quantitative estimate of drug-likeness (QED) is 0.579. The summed E-state index contributed by atoms with van der Waals surface area (Å²) in [5, 5.41) is 0.511. The van der Waals surface area contributed by atoms with Gasteiger partial charge < -0.3 is 14.6 Å². The molecule has 0 unspecified atom stereocenters. The highest BCUT2D eigenvalue weighted by Gasteiger charge is 2.23. The first kappa shape index (κ1) is 21.7. The molecule has 1 N–H and O–H groups in total. The molecule has 7 nitrogen and oxygen atoms in total. The van der Waals surface area contributed by atoms with E-state index in [2.05, 4.69) is 34.2 Å². The third kappa shape index (κ3) is 5.60. The highest BCUT2D eigenvalue weighted by molar-refractivity contribution is 5.81. The fraction of sp³-hybridized carbons (Fsp3) is 0.360. The second kappa shape index (κ2) is 10.2. The number of likely N-dealkylation sites (tertiary alicyclic amines) is 1. The molecule has 32 heavy (non-hydrogen) atoms. The van der Waals surface area contributed by atoms with E-state index in [1.807, 2.05) is 12.1 Å². The molecule has 0 atom stereocenters. The Morgan fingerprint density at radius 1 is 1.03 bits per heavy atom. The van der Waals surface area contributed by atoms with Crippen molar-refractivity contribution in [3.05, 3.63) is 76.3 Å². The van der Waals surface area contributed by atoms with E-state index in [0.717, 1.165) is 19.3 Å². The summed E-state index contributed by atoms with van der Waals surface area (Å²) in [4.78, 5) is 45.5. The summed E-state index contributed by atoms with van der Waals surface area (Å²) < 4.78 is 5.17. The van der Waals surface area contributed by atoms with Gasteiger partial charge in [0.25, 0.3) is 11.5 Å². The molecule has 3 aromatic rings. The number of aromatic amines is 1. The Kier molecular flexibility index (Phi) is 6.94. The third-order valence-corrected chi connectivity index (χ3v) is 5.92.